The van der Waals surface area contributed by atoms with Gasteiger partial charge in [-0.15, -0.1) is 0 Å². The van der Waals surface area contributed by atoms with Crippen LogP contribution in [0.3, 0.4) is 0 Å². The van der Waals surface area contributed by atoms with Gasteiger partial charge in [0, 0.05) is 25.8 Å². The van der Waals surface area contributed by atoms with E-state index in [9.17, 15) is 14.7 Å². The van der Waals surface area contributed by atoms with Gasteiger partial charge in [0.15, 0.2) is 0 Å². The molecule has 7 nitrogen and oxygen atoms in total. The summed E-state index contributed by atoms with van der Waals surface area (Å²) >= 11 is 0. The fourth-order valence-corrected chi connectivity index (χ4v) is 3.56. The first-order valence-corrected chi connectivity index (χ1v) is 10.8. The number of rotatable bonds is 7. The number of nitrogens with zero attached hydrogens (tertiary/aromatic N) is 1. The van der Waals surface area contributed by atoms with Gasteiger partial charge in [-0.2, -0.15) is 0 Å². The normalized spacial score (nSPS) is 14.6. The molecule has 1 heterocycles. The number of carbonyl (C=O) groups excluding carboxylic acids is 1. The van der Waals surface area contributed by atoms with Gasteiger partial charge in [0.05, 0.1) is 0 Å². The van der Waals surface area contributed by atoms with E-state index >= 15 is 0 Å². The number of carboxylic acids is 1. The highest BCUT2D eigenvalue weighted by Crippen LogP contribution is 2.25. The van der Waals surface area contributed by atoms with Crippen LogP contribution < -0.4 is 4.74 Å². The average molecular weight is 442 g/mol. The molecule has 1 aliphatic heterocycles. The quantitative estimate of drug-likeness (QED) is 0.659. The van der Waals surface area contributed by atoms with Gasteiger partial charge in [0.1, 0.15) is 23.5 Å². The molecule has 1 amide bonds. The minimum absolute atomic E-state index is 0.0270. The van der Waals surface area contributed by atoms with Crippen LogP contribution in [-0.4, -0.2) is 46.9 Å². The molecular weight excluding hydrogens is 410 g/mol. The molecule has 32 heavy (non-hydrogen) atoms. The molecule has 1 fully saturated rings. The van der Waals surface area contributed by atoms with E-state index in [1.807, 2.05) is 51.1 Å². The lowest BCUT2D eigenvalue weighted by atomic mass is 10.0. The minimum Gasteiger partial charge on any atom is -0.488 e. The number of aromatic carboxylic acids is 1. The molecule has 0 aromatic heterocycles. The molecule has 0 bridgehead atoms. The van der Waals surface area contributed by atoms with Crippen molar-refractivity contribution in [3.63, 3.8) is 0 Å². The molecule has 2 aromatic rings. The topological polar surface area (TPSA) is 85.3 Å². The van der Waals surface area contributed by atoms with Gasteiger partial charge in [-0.3, -0.25) is 0 Å². The Morgan fingerprint density at radius 3 is 2.38 bits per heavy atom. The molecule has 172 valence electrons. The first-order valence-electron chi connectivity index (χ1n) is 10.8. The molecule has 0 unspecified atom stereocenters. The summed E-state index contributed by atoms with van der Waals surface area (Å²) in [5.41, 5.74) is 1.09. The van der Waals surface area contributed by atoms with Crippen molar-refractivity contribution in [2.45, 2.75) is 58.4 Å². The lowest BCUT2D eigenvalue weighted by molar-refractivity contribution is -0.00808. The van der Waals surface area contributed by atoms with E-state index in [0.29, 0.717) is 37.4 Å². The predicted molar refractivity (Wildman–Crippen MR) is 120 cm³/mol. The van der Waals surface area contributed by atoms with E-state index in [0.717, 1.165) is 5.56 Å². The second kappa shape index (κ2) is 10.5. The monoisotopic (exact) mass is 441 g/mol. The Morgan fingerprint density at radius 1 is 1.06 bits per heavy atom. The molecule has 2 aromatic carbocycles. The standard InChI is InChI=1S/C25H31NO6/c1-25(2,3)32-24(29)26(20-11-13-30-14-12-20)16-19-9-10-22(21(15-19)23(27)28)31-17-18-7-5-4-6-8-18/h4-10,15,20H,11-14,16-17H2,1-3H3,(H,27,28). The Hall–Kier alpha value is -3.06. The Bertz CT molecular complexity index is 916. The second-order valence-corrected chi connectivity index (χ2v) is 8.86. The first kappa shape index (κ1) is 23.6. The summed E-state index contributed by atoms with van der Waals surface area (Å²) in [6.45, 7) is 7.16. The molecule has 0 spiro atoms. The van der Waals surface area contributed by atoms with Crippen LogP contribution in [0.15, 0.2) is 48.5 Å². The Balaban J connectivity index is 1.79. The zero-order valence-electron chi connectivity index (χ0n) is 18.9. The van der Waals surface area contributed by atoms with E-state index in [2.05, 4.69) is 0 Å². The number of carbonyl (C=O) groups is 2. The van der Waals surface area contributed by atoms with Gasteiger partial charge in [-0.05, 0) is 56.9 Å². The summed E-state index contributed by atoms with van der Waals surface area (Å²) in [7, 11) is 0. The van der Waals surface area contributed by atoms with Crippen molar-refractivity contribution in [2.75, 3.05) is 13.2 Å². The highest BCUT2D eigenvalue weighted by Gasteiger charge is 2.30. The molecule has 0 radical (unpaired) electrons. The molecular formula is C25H31NO6. The highest BCUT2D eigenvalue weighted by molar-refractivity contribution is 5.91. The maximum Gasteiger partial charge on any atom is 0.410 e. The molecule has 0 atom stereocenters. The minimum atomic E-state index is -1.08. The van der Waals surface area contributed by atoms with Crippen molar-refractivity contribution in [1.29, 1.82) is 0 Å². The van der Waals surface area contributed by atoms with E-state index in [1.54, 1.807) is 23.1 Å². The van der Waals surface area contributed by atoms with Crippen molar-refractivity contribution in [3.8, 4) is 5.75 Å². The Morgan fingerprint density at radius 2 is 1.75 bits per heavy atom. The molecule has 0 saturated carbocycles. The lowest BCUT2D eigenvalue weighted by Gasteiger charge is -2.35. The fraction of sp³-hybridized carbons (Fsp3) is 0.440. The number of benzene rings is 2. The van der Waals surface area contributed by atoms with E-state index in [1.165, 1.54) is 0 Å². The smallest absolute Gasteiger partial charge is 0.410 e. The van der Waals surface area contributed by atoms with Crippen LogP contribution in [0.4, 0.5) is 4.79 Å². The number of amides is 1. The third kappa shape index (κ3) is 6.72. The number of hydrogen-bond acceptors (Lipinski definition) is 5. The average Bonchev–Trinajstić information content (AvgIpc) is 2.76. The zero-order valence-corrected chi connectivity index (χ0v) is 18.9. The first-order chi connectivity index (χ1) is 15.2. The number of ether oxygens (including phenoxy) is 3. The molecule has 0 aliphatic carbocycles. The van der Waals surface area contributed by atoms with Crippen molar-refractivity contribution in [1.82, 2.24) is 4.90 Å². The summed E-state index contributed by atoms with van der Waals surface area (Å²) in [6, 6.07) is 14.5. The van der Waals surface area contributed by atoms with Crippen molar-refractivity contribution >= 4 is 12.1 Å². The largest absolute Gasteiger partial charge is 0.488 e. The predicted octanol–water partition coefficient (Wildman–Crippen LogP) is 4.88. The number of hydrogen-bond donors (Lipinski definition) is 1. The summed E-state index contributed by atoms with van der Waals surface area (Å²) < 4.78 is 16.8. The third-order valence-corrected chi connectivity index (χ3v) is 5.12. The summed E-state index contributed by atoms with van der Waals surface area (Å²) in [5, 5.41) is 9.73. The third-order valence-electron chi connectivity index (χ3n) is 5.12. The molecule has 1 N–H and O–H groups in total. The zero-order chi connectivity index (χ0) is 23.1. The van der Waals surface area contributed by atoms with Crippen molar-refractivity contribution in [3.05, 3.63) is 65.2 Å². The summed E-state index contributed by atoms with van der Waals surface area (Å²) in [5.74, 6) is -0.787. The SMILES string of the molecule is CC(C)(C)OC(=O)N(Cc1ccc(OCc2ccccc2)c(C(=O)O)c1)C1CCOCC1. The highest BCUT2D eigenvalue weighted by atomic mass is 16.6. The fourth-order valence-electron chi connectivity index (χ4n) is 3.56. The Labute approximate surface area is 188 Å². The van der Waals surface area contributed by atoms with E-state index < -0.39 is 17.7 Å². The van der Waals surface area contributed by atoms with Gasteiger partial charge < -0.3 is 24.2 Å². The van der Waals surface area contributed by atoms with Crippen LogP contribution in [0.1, 0.15) is 55.1 Å². The van der Waals surface area contributed by atoms with Crippen LogP contribution in [0, 0.1) is 0 Å². The molecule has 3 rings (SSSR count). The van der Waals surface area contributed by atoms with E-state index in [4.69, 9.17) is 14.2 Å². The number of carboxylic acid groups (broad SMARTS) is 1. The maximum atomic E-state index is 12.9. The van der Waals surface area contributed by atoms with Crippen molar-refractivity contribution < 1.29 is 28.9 Å². The Kier molecular flexibility index (Phi) is 7.75. The molecule has 1 saturated heterocycles. The van der Waals surface area contributed by atoms with Gasteiger partial charge in [-0.1, -0.05) is 36.4 Å². The van der Waals surface area contributed by atoms with Gasteiger partial charge >= 0.3 is 12.1 Å². The van der Waals surface area contributed by atoms with Crippen LogP contribution >= 0.6 is 0 Å². The van der Waals surface area contributed by atoms with Gasteiger partial charge in [0.25, 0.3) is 0 Å². The lowest BCUT2D eigenvalue weighted by Crippen LogP contribution is -2.45. The van der Waals surface area contributed by atoms with Gasteiger partial charge in [0.2, 0.25) is 0 Å². The van der Waals surface area contributed by atoms with Crippen LogP contribution in [0.5, 0.6) is 5.75 Å². The maximum absolute atomic E-state index is 12.9. The summed E-state index contributed by atoms with van der Waals surface area (Å²) in [4.78, 5) is 26.5. The van der Waals surface area contributed by atoms with Crippen LogP contribution in [0.2, 0.25) is 0 Å². The molecule has 1 aliphatic rings. The van der Waals surface area contributed by atoms with Gasteiger partial charge in [-0.25, -0.2) is 9.59 Å². The van der Waals surface area contributed by atoms with Crippen LogP contribution in [-0.2, 0) is 22.6 Å². The van der Waals surface area contributed by atoms with Crippen LogP contribution in [0.25, 0.3) is 0 Å². The van der Waals surface area contributed by atoms with E-state index in [-0.39, 0.29) is 24.8 Å². The van der Waals surface area contributed by atoms with Crippen molar-refractivity contribution in [2.24, 2.45) is 0 Å². The molecule has 7 heteroatoms. The second-order valence-electron chi connectivity index (χ2n) is 8.86. The summed E-state index contributed by atoms with van der Waals surface area (Å²) in [6.07, 6.45) is 1.01.